The number of alkyl halides is 1. The van der Waals surface area contributed by atoms with Gasteiger partial charge in [-0.3, -0.25) is 0 Å². The van der Waals surface area contributed by atoms with E-state index < -0.39 is 12.1 Å². The molecule has 1 unspecified atom stereocenters. The summed E-state index contributed by atoms with van der Waals surface area (Å²) in [5.74, 6) is -0.141. The molecule has 2 N–H and O–H groups in total. The van der Waals surface area contributed by atoms with Crippen molar-refractivity contribution in [2.45, 2.75) is 18.9 Å². The van der Waals surface area contributed by atoms with Crippen LogP contribution in [0.15, 0.2) is 18.2 Å². The molecule has 0 saturated carbocycles. The van der Waals surface area contributed by atoms with Gasteiger partial charge in [-0.05, 0) is 36.1 Å². The van der Waals surface area contributed by atoms with Crippen LogP contribution in [-0.2, 0) is 11.2 Å². The average Bonchev–Trinajstić information content (AvgIpc) is 2.34. The number of rotatable bonds is 6. The van der Waals surface area contributed by atoms with E-state index in [9.17, 15) is 9.90 Å². The molecular formula is C12H15ClO4. The van der Waals surface area contributed by atoms with E-state index >= 15 is 0 Å². The smallest absolute Gasteiger partial charge is 0.337 e. The van der Waals surface area contributed by atoms with Gasteiger partial charge in [-0.1, -0.05) is 6.07 Å². The van der Waals surface area contributed by atoms with Crippen molar-refractivity contribution in [3.05, 3.63) is 29.3 Å². The van der Waals surface area contributed by atoms with Crippen molar-refractivity contribution < 1.29 is 19.7 Å². The van der Waals surface area contributed by atoms with Gasteiger partial charge in [0.25, 0.3) is 0 Å². The van der Waals surface area contributed by atoms with Gasteiger partial charge in [-0.15, -0.1) is 11.6 Å². The van der Waals surface area contributed by atoms with Crippen LogP contribution in [-0.4, -0.2) is 29.2 Å². The lowest BCUT2D eigenvalue weighted by Gasteiger charge is -2.13. The molecule has 0 radical (unpaired) electrons. The molecule has 0 aliphatic heterocycles. The molecule has 0 aromatic heterocycles. The van der Waals surface area contributed by atoms with E-state index in [2.05, 4.69) is 0 Å². The van der Waals surface area contributed by atoms with Crippen molar-refractivity contribution in [1.82, 2.24) is 0 Å². The maximum atomic E-state index is 10.8. The molecule has 1 atom stereocenters. The SMILES string of the molecule is COc1ccc(C(O)C(=O)O)c(CCCCl)c1. The molecule has 0 heterocycles. The highest BCUT2D eigenvalue weighted by molar-refractivity contribution is 6.17. The monoisotopic (exact) mass is 258 g/mol. The first-order valence-corrected chi connectivity index (χ1v) is 5.77. The Morgan fingerprint density at radius 1 is 1.53 bits per heavy atom. The molecule has 1 aromatic carbocycles. The van der Waals surface area contributed by atoms with Crippen LogP contribution in [0.2, 0.25) is 0 Å². The largest absolute Gasteiger partial charge is 0.497 e. The average molecular weight is 259 g/mol. The normalized spacial score (nSPS) is 12.2. The predicted molar refractivity (Wildman–Crippen MR) is 64.6 cm³/mol. The second-order valence-corrected chi connectivity index (χ2v) is 3.98. The highest BCUT2D eigenvalue weighted by atomic mass is 35.5. The topological polar surface area (TPSA) is 66.8 Å². The van der Waals surface area contributed by atoms with Crippen molar-refractivity contribution in [2.75, 3.05) is 13.0 Å². The summed E-state index contributed by atoms with van der Waals surface area (Å²) in [6.07, 6.45) is -0.180. The number of methoxy groups -OCH3 is 1. The lowest BCUT2D eigenvalue weighted by molar-refractivity contribution is -0.147. The Morgan fingerprint density at radius 3 is 2.76 bits per heavy atom. The highest BCUT2D eigenvalue weighted by Crippen LogP contribution is 2.24. The highest BCUT2D eigenvalue weighted by Gasteiger charge is 2.19. The third-order valence-electron chi connectivity index (χ3n) is 2.46. The first kappa shape index (κ1) is 13.8. The van der Waals surface area contributed by atoms with Crippen molar-refractivity contribution in [3.63, 3.8) is 0 Å². The van der Waals surface area contributed by atoms with Gasteiger partial charge in [-0.25, -0.2) is 4.79 Å². The molecule has 1 rings (SSSR count). The number of carbonyl (C=O) groups is 1. The van der Waals surface area contributed by atoms with Crippen LogP contribution >= 0.6 is 11.6 Å². The molecule has 0 saturated heterocycles. The molecular weight excluding hydrogens is 244 g/mol. The van der Waals surface area contributed by atoms with E-state index in [4.69, 9.17) is 21.4 Å². The van der Waals surface area contributed by atoms with Crippen molar-refractivity contribution in [3.8, 4) is 5.75 Å². The minimum atomic E-state index is -1.51. The van der Waals surface area contributed by atoms with E-state index in [0.29, 0.717) is 30.0 Å². The fourth-order valence-electron chi connectivity index (χ4n) is 1.58. The van der Waals surface area contributed by atoms with Crippen LogP contribution in [0.3, 0.4) is 0 Å². The number of hydrogen-bond acceptors (Lipinski definition) is 3. The van der Waals surface area contributed by atoms with Crippen LogP contribution in [0.4, 0.5) is 0 Å². The fourth-order valence-corrected chi connectivity index (χ4v) is 1.72. The second kappa shape index (κ2) is 6.47. The summed E-state index contributed by atoms with van der Waals surface area (Å²) in [6.45, 7) is 0. The summed E-state index contributed by atoms with van der Waals surface area (Å²) in [5, 5.41) is 18.4. The first-order chi connectivity index (χ1) is 8.10. The Bertz CT molecular complexity index is 392. The van der Waals surface area contributed by atoms with Crippen molar-refractivity contribution >= 4 is 17.6 Å². The van der Waals surface area contributed by atoms with Crippen molar-refractivity contribution in [1.29, 1.82) is 0 Å². The molecule has 4 nitrogen and oxygen atoms in total. The molecule has 94 valence electrons. The van der Waals surface area contributed by atoms with Gasteiger partial charge in [0.05, 0.1) is 7.11 Å². The number of halogens is 1. The van der Waals surface area contributed by atoms with Gasteiger partial charge >= 0.3 is 5.97 Å². The van der Waals surface area contributed by atoms with Crippen LogP contribution in [0, 0.1) is 0 Å². The van der Waals surface area contributed by atoms with E-state index in [0.717, 1.165) is 5.56 Å². The number of hydrogen-bond donors (Lipinski definition) is 2. The molecule has 1 aromatic rings. The predicted octanol–water partition coefficient (Wildman–Crippen LogP) is 1.98. The summed E-state index contributed by atoms with van der Waals surface area (Å²) in [5.41, 5.74) is 1.14. The van der Waals surface area contributed by atoms with E-state index in [1.54, 1.807) is 18.2 Å². The molecule has 17 heavy (non-hydrogen) atoms. The van der Waals surface area contributed by atoms with E-state index in [1.165, 1.54) is 7.11 Å². The molecule has 0 amide bonds. The third-order valence-corrected chi connectivity index (χ3v) is 2.73. The minimum absolute atomic E-state index is 0.392. The van der Waals surface area contributed by atoms with Crippen molar-refractivity contribution in [2.24, 2.45) is 0 Å². The molecule has 0 aliphatic rings. The first-order valence-electron chi connectivity index (χ1n) is 5.23. The molecule has 5 heteroatoms. The zero-order chi connectivity index (χ0) is 12.8. The quantitative estimate of drug-likeness (QED) is 0.766. The number of benzene rings is 1. The maximum absolute atomic E-state index is 10.8. The number of aliphatic carboxylic acids is 1. The molecule has 0 aliphatic carbocycles. The zero-order valence-electron chi connectivity index (χ0n) is 9.52. The van der Waals surface area contributed by atoms with Gasteiger partial charge in [0.1, 0.15) is 5.75 Å². The maximum Gasteiger partial charge on any atom is 0.337 e. The Hall–Kier alpha value is -1.26. The summed E-state index contributed by atoms with van der Waals surface area (Å²) >= 11 is 5.61. The molecule has 0 spiro atoms. The van der Waals surface area contributed by atoms with Crippen LogP contribution in [0.25, 0.3) is 0 Å². The van der Waals surface area contributed by atoms with Gasteiger partial charge in [0, 0.05) is 5.88 Å². The number of aliphatic hydroxyl groups is 1. The summed E-state index contributed by atoms with van der Waals surface area (Å²) in [6, 6.07) is 4.93. The number of aliphatic hydroxyl groups excluding tert-OH is 1. The van der Waals surface area contributed by atoms with Gasteiger partial charge < -0.3 is 14.9 Å². The van der Waals surface area contributed by atoms with E-state index in [-0.39, 0.29) is 0 Å². The number of ether oxygens (including phenoxy) is 1. The molecule has 0 bridgehead atoms. The second-order valence-electron chi connectivity index (χ2n) is 3.60. The zero-order valence-corrected chi connectivity index (χ0v) is 10.3. The Morgan fingerprint density at radius 2 is 2.24 bits per heavy atom. The third kappa shape index (κ3) is 3.61. The fraction of sp³-hybridized carbons (Fsp3) is 0.417. The van der Waals surface area contributed by atoms with Crippen LogP contribution < -0.4 is 4.74 Å². The minimum Gasteiger partial charge on any atom is -0.497 e. The number of carboxylic acids is 1. The Balaban J connectivity index is 3.05. The summed E-state index contributed by atoms with van der Waals surface area (Å²) in [7, 11) is 1.54. The standard InChI is InChI=1S/C12H15ClO4/c1-17-9-4-5-10(11(14)12(15)16)8(7-9)3-2-6-13/h4-5,7,11,14H,2-3,6H2,1H3,(H,15,16). The lowest BCUT2D eigenvalue weighted by atomic mass is 9.98. The number of aryl methyl sites for hydroxylation is 1. The van der Waals surface area contributed by atoms with Gasteiger partial charge in [0.2, 0.25) is 0 Å². The Labute approximate surface area is 105 Å². The summed E-state index contributed by atoms with van der Waals surface area (Å²) in [4.78, 5) is 10.8. The van der Waals surface area contributed by atoms with Crippen LogP contribution in [0.5, 0.6) is 5.75 Å². The van der Waals surface area contributed by atoms with E-state index in [1.807, 2.05) is 0 Å². The summed E-state index contributed by atoms with van der Waals surface area (Å²) < 4.78 is 5.07. The van der Waals surface area contributed by atoms with Gasteiger partial charge in [-0.2, -0.15) is 0 Å². The van der Waals surface area contributed by atoms with Crippen LogP contribution in [0.1, 0.15) is 23.7 Å². The lowest BCUT2D eigenvalue weighted by Crippen LogP contribution is -2.13. The Kier molecular flexibility index (Phi) is 5.25. The van der Waals surface area contributed by atoms with Gasteiger partial charge in [0.15, 0.2) is 6.10 Å². The number of carboxylic acid groups (broad SMARTS) is 1. The molecule has 0 fully saturated rings.